The number of amides is 1. The average Bonchev–Trinajstić information content (AvgIpc) is 3.31. The summed E-state index contributed by atoms with van der Waals surface area (Å²) in [6, 6.07) is 9.20. The van der Waals surface area contributed by atoms with E-state index >= 15 is 0 Å². The van der Waals surface area contributed by atoms with Crippen molar-refractivity contribution in [2.24, 2.45) is 5.92 Å². The fourth-order valence-corrected chi connectivity index (χ4v) is 5.02. The molecule has 136 valence electrons. The van der Waals surface area contributed by atoms with Gasteiger partial charge in [0, 0.05) is 38.4 Å². The number of rotatable bonds is 4. The van der Waals surface area contributed by atoms with Gasteiger partial charge in [0.2, 0.25) is 5.91 Å². The molecule has 0 radical (unpaired) electrons. The Hall–Kier alpha value is -1.55. The number of hydrogen-bond donors (Lipinski definition) is 1. The molecule has 4 heteroatoms. The van der Waals surface area contributed by atoms with Crippen molar-refractivity contribution in [3.8, 4) is 0 Å². The lowest BCUT2D eigenvalue weighted by Crippen LogP contribution is -2.43. The van der Waals surface area contributed by atoms with Crippen LogP contribution >= 0.6 is 0 Å². The molecule has 1 amide bonds. The van der Waals surface area contributed by atoms with Crippen molar-refractivity contribution in [1.82, 2.24) is 10.2 Å². The molecule has 1 aromatic carbocycles. The van der Waals surface area contributed by atoms with Crippen LogP contribution in [-0.2, 0) is 11.3 Å². The van der Waals surface area contributed by atoms with E-state index in [4.69, 9.17) is 0 Å². The van der Waals surface area contributed by atoms with E-state index in [0.29, 0.717) is 18.5 Å². The zero-order valence-electron chi connectivity index (χ0n) is 15.4. The first kappa shape index (κ1) is 16.9. The van der Waals surface area contributed by atoms with Gasteiger partial charge in [-0.15, -0.1) is 0 Å². The summed E-state index contributed by atoms with van der Waals surface area (Å²) in [6.07, 6.45) is 8.77. The molecular formula is C21H31N3O. The van der Waals surface area contributed by atoms with Crippen LogP contribution in [0.5, 0.6) is 0 Å². The summed E-state index contributed by atoms with van der Waals surface area (Å²) in [5.74, 6) is 0.985. The summed E-state index contributed by atoms with van der Waals surface area (Å²) in [5.41, 5.74) is 2.59. The zero-order chi connectivity index (χ0) is 17.2. The molecule has 2 aliphatic heterocycles. The van der Waals surface area contributed by atoms with Gasteiger partial charge in [0.1, 0.15) is 0 Å². The fraction of sp³-hybridized carbons (Fsp3) is 0.667. The number of nitrogens with zero attached hydrogens (tertiary/aromatic N) is 2. The van der Waals surface area contributed by atoms with Gasteiger partial charge in [-0.25, -0.2) is 0 Å². The van der Waals surface area contributed by atoms with Crippen LogP contribution in [0.25, 0.3) is 0 Å². The van der Waals surface area contributed by atoms with Gasteiger partial charge in [-0.1, -0.05) is 31.0 Å². The number of fused-ring (bicyclic) bond motifs is 1. The van der Waals surface area contributed by atoms with Gasteiger partial charge in [0.05, 0.1) is 6.04 Å². The molecule has 0 bridgehead atoms. The van der Waals surface area contributed by atoms with E-state index in [1.165, 1.54) is 49.8 Å². The Morgan fingerprint density at radius 1 is 1.16 bits per heavy atom. The molecule has 4 nitrogen and oxygen atoms in total. The third kappa shape index (κ3) is 3.55. The molecule has 3 atom stereocenters. The maximum atomic E-state index is 13.0. The first-order valence-electron chi connectivity index (χ1n) is 10.1. The Bertz CT molecular complexity index is 597. The standard InChI is InChI=1S/C21H31N3O/c1-23(21(25)19-14-16-8-2-4-10-18(16)22-19)15-17-9-3-5-11-20(17)24-12-6-7-13-24/h3,5,9,11,16,18-19,22H,2,4,6-8,10,12-15H2,1H3. The highest BCUT2D eigenvalue weighted by Gasteiger charge is 2.39. The van der Waals surface area contributed by atoms with E-state index in [9.17, 15) is 4.79 Å². The average molecular weight is 341 g/mol. The van der Waals surface area contributed by atoms with Gasteiger partial charge < -0.3 is 15.1 Å². The van der Waals surface area contributed by atoms with E-state index in [-0.39, 0.29) is 11.9 Å². The van der Waals surface area contributed by atoms with E-state index in [2.05, 4.69) is 34.5 Å². The van der Waals surface area contributed by atoms with Crippen LogP contribution in [0.15, 0.2) is 24.3 Å². The minimum Gasteiger partial charge on any atom is -0.371 e. The maximum Gasteiger partial charge on any atom is 0.239 e. The summed E-state index contributed by atoms with van der Waals surface area (Å²) in [5, 5.41) is 3.63. The number of hydrogen-bond acceptors (Lipinski definition) is 3. The van der Waals surface area contributed by atoms with E-state index in [1.54, 1.807) is 0 Å². The van der Waals surface area contributed by atoms with Crippen LogP contribution in [0, 0.1) is 5.92 Å². The Morgan fingerprint density at radius 3 is 2.72 bits per heavy atom. The predicted octanol–water partition coefficient (Wildman–Crippen LogP) is 3.17. The van der Waals surface area contributed by atoms with Crippen molar-refractivity contribution in [3.05, 3.63) is 29.8 Å². The molecule has 0 spiro atoms. The second kappa shape index (κ2) is 7.36. The zero-order valence-corrected chi connectivity index (χ0v) is 15.4. The van der Waals surface area contributed by atoms with Gasteiger partial charge in [-0.2, -0.15) is 0 Å². The largest absolute Gasteiger partial charge is 0.371 e. The van der Waals surface area contributed by atoms with E-state index < -0.39 is 0 Å². The number of carbonyl (C=O) groups excluding carboxylic acids is 1. The highest BCUT2D eigenvalue weighted by Crippen LogP contribution is 2.34. The van der Waals surface area contributed by atoms with Crippen molar-refractivity contribution in [1.29, 1.82) is 0 Å². The SMILES string of the molecule is CN(Cc1ccccc1N1CCCC1)C(=O)C1CC2CCCCC2N1. The number of carbonyl (C=O) groups is 1. The lowest BCUT2D eigenvalue weighted by Gasteiger charge is -2.26. The Morgan fingerprint density at radius 2 is 1.92 bits per heavy atom. The summed E-state index contributed by atoms with van der Waals surface area (Å²) < 4.78 is 0. The molecule has 0 aromatic heterocycles. The third-order valence-corrected chi connectivity index (χ3v) is 6.38. The molecule has 1 saturated carbocycles. The van der Waals surface area contributed by atoms with Crippen LogP contribution in [0.1, 0.15) is 50.5 Å². The normalized spacial score (nSPS) is 28.8. The van der Waals surface area contributed by atoms with Gasteiger partial charge >= 0.3 is 0 Å². The highest BCUT2D eigenvalue weighted by atomic mass is 16.2. The summed E-state index contributed by atoms with van der Waals surface area (Å²) >= 11 is 0. The highest BCUT2D eigenvalue weighted by molar-refractivity contribution is 5.82. The molecule has 25 heavy (non-hydrogen) atoms. The first-order valence-corrected chi connectivity index (χ1v) is 10.1. The monoisotopic (exact) mass is 341 g/mol. The number of nitrogens with one attached hydrogen (secondary N) is 1. The number of likely N-dealkylation sites (N-methyl/N-ethyl adjacent to an activating group) is 1. The minimum atomic E-state index is 0.0250. The Labute approximate surface area is 151 Å². The first-order chi connectivity index (χ1) is 12.2. The second-order valence-corrected chi connectivity index (χ2v) is 8.12. The van der Waals surface area contributed by atoms with Gasteiger partial charge in [0.25, 0.3) is 0 Å². The number of para-hydroxylation sites is 1. The minimum absolute atomic E-state index is 0.0250. The quantitative estimate of drug-likeness (QED) is 0.914. The Kier molecular flexibility index (Phi) is 4.98. The van der Waals surface area contributed by atoms with E-state index in [0.717, 1.165) is 19.5 Å². The molecule has 1 N–H and O–H groups in total. The van der Waals surface area contributed by atoms with Gasteiger partial charge in [-0.05, 0) is 49.7 Å². The van der Waals surface area contributed by atoms with Crippen molar-refractivity contribution >= 4 is 11.6 Å². The molecule has 3 aliphatic rings. The van der Waals surface area contributed by atoms with Crippen LogP contribution in [0.4, 0.5) is 5.69 Å². The topological polar surface area (TPSA) is 35.6 Å². The molecule has 3 unspecified atom stereocenters. The Balaban J connectivity index is 1.42. The van der Waals surface area contributed by atoms with Crippen LogP contribution in [-0.4, -0.2) is 43.0 Å². The molecular weight excluding hydrogens is 310 g/mol. The van der Waals surface area contributed by atoms with Crippen molar-refractivity contribution in [2.75, 3.05) is 25.0 Å². The fourth-order valence-electron chi connectivity index (χ4n) is 5.02. The summed E-state index contributed by atoms with van der Waals surface area (Å²) in [7, 11) is 1.97. The lowest BCUT2D eigenvalue weighted by molar-refractivity contribution is -0.132. The van der Waals surface area contributed by atoms with Gasteiger partial charge in [-0.3, -0.25) is 4.79 Å². The van der Waals surface area contributed by atoms with Crippen molar-refractivity contribution in [3.63, 3.8) is 0 Å². The molecule has 4 rings (SSSR count). The molecule has 2 heterocycles. The number of benzene rings is 1. The predicted molar refractivity (Wildman–Crippen MR) is 102 cm³/mol. The van der Waals surface area contributed by atoms with Gasteiger partial charge in [0.15, 0.2) is 0 Å². The van der Waals surface area contributed by atoms with Crippen LogP contribution in [0.2, 0.25) is 0 Å². The van der Waals surface area contributed by atoms with Crippen molar-refractivity contribution < 1.29 is 4.79 Å². The summed E-state index contributed by atoms with van der Waals surface area (Å²) in [6.45, 7) is 2.99. The molecule has 1 aromatic rings. The van der Waals surface area contributed by atoms with Crippen molar-refractivity contribution in [2.45, 2.75) is 63.6 Å². The van der Waals surface area contributed by atoms with Crippen LogP contribution < -0.4 is 10.2 Å². The molecule has 1 aliphatic carbocycles. The smallest absolute Gasteiger partial charge is 0.239 e. The second-order valence-electron chi connectivity index (χ2n) is 8.12. The van der Waals surface area contributed by atoms with E-state index in [1.807, 2.05) is 11.9 Å². The number of anilines is 1. The third-order valence-electron chi connectivity index (χ3n) is 6.38. The lowest BCUT2D eigenvalue weighted by atomic mass is 9.85. The molecule has 3 fully saturated rings. The molecule has 2 saturated heterocycles. The maximum absolute atomic E-state index is 13.0. The van der Waals surface area contributed by atoms with Crippen LogP contribution in [0.3, 0.4) is 0 Å². The summed E-state index contributed by atoms with van der Waals surface area (Å²) in [4.78, 5) is 17.4.